The maximum Gasteiger partial charge on any atom is 0.426 e. The number of hydrogen-bond donors (Lipinski definition) is 3. The van der Waals surface area contributed by atoms with Crippen molar-refractivity contribution < 1.29 is 41.7 Å². The Bertz CT molecular complexity index is 860. The van der Waals surface area contributed by atoms with Crippen LogP contribution >= 0.6 is 0 Å². The number of aliphatic hydroxyl groups excluding tert-OH is 2. The fourth-order valence-corrected chi connectivity index (χ4v) is 7.00. The molecule has 0 saturated heterocycles. The number of fused-ring (bicyclic) bond motifs is 1. The molecule has 3 aliphatic carbocycles. The van der Waals surface area contributed by atoms with Crippen molar-refractivity contribution in [3.05, 3.63) is 35.5 Å². The summed E-state index contributed by atoms with van der Waals surface area (Å²) in [7, 11) is 0. The summed E-state index contributed by atoms with van der Waals surface area (Å²) in [6.07, 6.45) is -5.24. The Labute approximate surface area is 209 Å². The van der Waals surface area contributed by atoms with Gasteiger partial charge in [-0.3, -0.25) is 0 Å². The van der Waals surface area contributed by atoms with Gasteiger partial charge in [0.25, 0.3) is 5.60 Å². The van der Waals surface area contributed by atoms with Crippen molar-refractivity contribution in [3.63, 3.8) is 0 Å². The molecular formula is C27H38F6O3. The Morgan fingerprint density at radius 2 is 1.72 bits per heavy atom. The monoisotopic (exact) mass is 524 g/mol. The molecule has 206 valence electrons. The highest BCUT2D eigenvalue weighted by Crippen LogP contribution is 2.60. The molecule has 3 N–H and O–H groups in total. The van der Waals surface area contributed by atoms with Gasteiger partial charge in [0, 0.05) is 6.42 Å². The Kier molecular flexibility index (Phi) is 8.48. The molecule has 3 fully saturated rings. The minimum atomic E-state index is -5.77. The third kappa shape index (κ3) is 5.58. The van der Waals surface area contributed by atoms with E-state index in [1.807, 2.05) is 13.0 Å². The molecule has 0 aromatic rings. The van der Waals surface area contributed by atoms with Gasteiger partial charge in [0.2, 0.25) is 0 Å². The number of allylic oxidation sites excluding steroid dienone is 3. The van der Waals surface area contributed by atoms with Crippen LogP contribution in [0.5, 0.6) is 0 Å². The van der Waals surface area contributed by atoms with Crippen molar-refractivity contribution in [1.29, 1.82) is 0 Å². The molecule has 36 heavy (non-hydrogen) atoms. The zero-order valence-corrected chi connectivity index (χ0v) is 20.9. The third-order valence-electron chi connectivity index (χ3n) is 9.12. The molecule has 0 aliphatic heterocycles. The van der Waals surface area contributed by atoms with E-state index in [0.717, 1.165) is 37.7 Å². The Morgan fingerprint density at radius 3 is 2.33 bits per heavy atom. The molecule has 0 unspecified atom stereocenters. The number of aliphatic hydroxyl groups is 3. The van der Waals surface area contributed by atoms with Gasteiger partial charge in [-0.25, -0.2) is 0 Å². The summed E-state index contributed by atoms with van der Waals surface area (Å²) >= 11 is 0. The van der Waals surface area contributed by atoms with Crippen LogP contribution in [0.4, 0.5) is 26.3 Å². The van der Waals surface area contributed by atoms with Crippen LogP contribution in [-0.2, 0) is 0 Å². The van der Waals surface area contributed by atoms with Crippen LogP contribution < -0.4 is 0 Å². The summed E-state index contributed by atoms with van der Waals surface area (Å²) in [5.74, 6) is 0.355. The van der Waals surface area contributed by atoms with E-state index in [-0.39, 0.29) is 42.4 Å². The van der Waals surface area contributed by atoms with E-state index in [4.69, 9.17) is 0 Å². The maximum atomic E-state index is 13.0. The van der Waals surface area contributed by atoms with E-state index in [1.54, 1.807) is 0 Å². The number of hydrogen-bond acceptors (Lipinski definition) is 3. The van der Waals surface area contributed by atoms with Crippen molar-refractivity contribution in [1.82, 2.24) is 0 Å². The van der Waals surface area contributed by atoms with Gasteiger partial charge >= 0.3 is 12.4 Å². The first-order valence-electron chi connectivity index (χ1n) is 12.8. The van der Waals surface area contributed by atoms with Crippen molar-refractivity contribution in [3.8, 4) is 0 Å². The lowest BCUT2D eigenvalue weighted by molar-refractivity contribution is -0.370. The van der Waals surface area contributed by atoms with E-state index < -0.39 is 36.6 Å². The highest BCUT2D eigenvalue weighted by Gasteiger charge is 2.69. The van der Waals surface area contributed by atoms with E-state index in [1.165, 1.54) is 5.57 Å². The second kappa shape index (κ2) is 10.4. The first-order valence-corrected chi connectivity index (χ1v) is 12.8. The Balaban J connectivity index is 1.69. The standard InChI is InChI=1S/C27H38F6O3/c1-16(6-4-13-25(36,26(28,29)30)27(31,32)33)21-10-11-22-18(7-5-12-24(21,22)3)8-9-19-14-20(34)15-23(35)17(19)2/h8-9,16,20-23,34-36H,2,4-7,10-15H2,1,3H3/b18-8-,19-9+/t16-,20-,21-,22+,23+,24-/m1/s1. The molecular weight excluding hydrogens is 486 g/mol. The molecule has 3 aliphatic rings. The smallest absolute Gasteiger partial charge is 0.393 e. The predicted molar refractivity (Wildman–Crippen MR) is 125 cm³/mol. The van der Waals surface area contributed by atoms with Gasteiger partial charge in [0.1, 0.15) is 0 Å². The number of halogens is 6. The normalized spacial score (nSPS) is 35.4. The lowest BCUT2D eigenvalue weighted by Gasteiger charge is -2.44. The number of rotatable bonds is 6. The van der Waals surface area contributed by atoms with Crippen LogP contribution in [0, 0.1) is 23.2 Å². The van der Waals surface area contributed by atoms with Gasteiger partial charge in [-0.1, -0.05) is 44.6 Å². The van der Waals surface area contributed by atoms with Gasteiger partial charge < -0.3 is 15.3 Å². The van der Waals surface area contributed by atoms with Gasteiger partial charge in [-0.15, -0.1) is 0 Å². The minimum absolute atomic E-state index is 0.0770. The minimum Gasteiger partial charge on any atom is -0.393 e. The summed E-state index contributed by atoms with van der Waals surface area (Å²) in [5.41, 5.74) is -2.08. The highest BCUT2D eigenvalue weighted by atomic mass is 19.4. The average molecular weight is 525 g/mol. The molecule has 0 spiro atoms. The first-order chi connectivity index (χ1) is 16.5. The van der Waals surface area contributed by atoms with Crippen molar-refractivity contribution in [2.24, 2.45) is 23.2 Å². The van der Waals surface area contributed by atoms with Gasteiger partial charge in [0.15, 0.2) is 0 Å². The van der Waals surface area contributed by atoms with Gasteiger partial charge in [0.05, 0.1) is 12.2 Å². The molecule has 0 amide bonds. The zero-order valence-electron chi connectivity index (χ0n) is 20.9. The summed E-state index contributed by atoms with van der Waals surface area (Å²) < 4.78 is 78.1. The third-order valence-corrected chi connectivity index (χ3v) is 9.12. The summed E-state index contributed by atoms with van der Waals surface area (Å²) in [6, 6.07) is 0. The molecule has 9 heteroatoms. The molecule has 0 heterocycles. The fourth-order valence-electron chi connectivity index (χ4n) is 7.00. The second-order valence-electron chi connectivity index (χ2n) is 11.4. The second-order valence-corrected chi connectivity index (χ2v) is 11.4. The Morgan fingerprint density at radius 1 is 1.08 bits per heavy atom. The molecule has 3 rings (SSSR count). The van der Waals surface area contributed by atoms with Gasteiger partial charge in [-0.05, 0) is 85.7 Å². The van der Waals surface area contributed by atoms with Crippen LogP contribution in [0.2, 0.25) is 0 Å². The van der Waals surface area contributed by atoms with E-state index in [2.05, 4.69) is 19.6 Å². The molecule has 6 atom stereocenters. The van der Waals surface area contributed by atoms with Crippen molar-refractivity contribution >= 4 is 0 Å². The van der Waals surface area contributed by atoms with Gasteiger partial charge in [-0.2, -0.15) is 26.3 Å². The Hall–Kier alpha value is -1.32. The fraction of sp³-hybridized carbons (Fsp3) is 0.778. The molecule has 3 saturated carbocycles. The maximum absolute atomic E-state index is 13.0. The van der Waals surface area contributed by atoms with Crippen LogP contribution in [0.25, 0.3) is 0 Å². The molecule has 0 bridgehead atoms. The number of alkyl halides is 6. The zero-order chi connectivity index (χ0) is 27.1. The van der Waals surface area contributed by atoms with Crippen LogP contribution in [0.15, 0.2) is 35.5 Å². The van der Waals surface area contributed by atoms with Crippen molar-refractivity contribution in [2.45, 2.75) is 108 Å². The molecule has 0 radical (unpaired) electrons. The largest absolute Gasteiger partial charge is 0.426 e. The predicted octanol–water partition coefficient (Wildman–Crippen LogP) is 6.79. The lowest BCUT2D eigenvalue weighted by Crippen LogP contribution is -2.56. The van der Waals surface area contributed by atoms with Crippen LogP contribution in [-0.4, -0.2) is 45.5 Å². The average Bonchev–Trinajstić information content (AvgIpc) is 3.11. The van der Waals surface area contributed by atoms with E-state index >= 15 is 0 Å². The van der Waals surface area contributed by atoms with Crippen LogP contribution in [0.1, 0.15) is 78.1 Å². The molecule has 3 nitrogen and oxygen atoms in total. The molecule has 0 aromatic carbocycles. The van der Waals surface area contributed by atoms with Crippen molar-refractivity contribution in [2.75, 3.05) is 0 Å². The highest BCUT2D eigenvalue weighted by molar-refractivity contribution is 5.38. The summed E-state index contributed by atoms with van der Waals surface area (Å²) in [5, 5.41) is 29.5. The quantitative estimate of drug-likeness (QED) is 0.336. The SMILES string of the molecule is C=C1/C(=C/C=C2/CCC[C@]3(C)[C@@H]([C@H](C)CCCC(O)(C(F)(F)F)C(F)(F)F)CC[C@@H]23)C[C@@H](O)C[C@@H]1O. The first kappa shape index (κ1) is 29.2. The van der Waals surface area contributed by atoms with E-state index in [9.17, 15) is 41.7 Å². The molecule has 0 aromatic heterocycles. The summed E-state index contributed by atoms with van der Waals surface area (Å²) in [6.45, 7) is 8.03. The topological polar surface area (TPSA) is 60.7 Å². The van der Waals surface area contributed by atoms with Crippen LogP contribution in [0.3, 0.4) is 0 Å². The summed E-state index contributed by atoms with van der Waals surface area (Å²) in [4.78, 5) is 0. The van der Waals surface area contributed by atoms with E-state index in [0.29, 0.717) is 12.0 Å². The lowest BCUT2D eigenvalue weighted by atomic mass is 9.60.